The number of fused-ring (bicyclic) bond motifs is 1. The van der Waals surface area contributed by atoms with E-state index < -0.39 is 60.0 Å². The minimum absolute atomic E-state index is 0.0247. The molecule has 3 saturated heterocycles. The second kappa shape index (κ2) is 19.1. The first kappa shape index (κ1) is 39.7. The Labute approximate surface area is 335 Å². The summed E-state index contributed by atoms with van der Waals surface area (Å²) in [4.78, 5) is 75.4. The molecule has 12 heteroatoms. The number of amides is 5. The first-order valence-corrected chi connectivity index (χ1v) is 20.6. The van der Waals surface area contributed by atoms with Gasteiger partial charge in [0.05, 0.1) is 12.1 Å². The van der Waals surface area contributed by atoms with Crippen LogP contribution in [0.3, 0.4) is 0 Å². The summed E-state index contributed by atoms with van der Waals surface area (Å²) in [6.45, 7) is 3.18. The monoisotopic (exact) mass is 773 g/mol. The lowest BCUT2D eigenvalue weighted by Gasteiger charge is -2.40. The molecule has 0 saturated carbocycles. The Morgan fingerprint density at radius 1 is 0.684 bits per heavy atom. The first-order valence-electron chi connectivity index (χ1n) is 20.6. The van der Waals surface area contributed by atoms with Gasteiger partial charge in [0, 0.05) is 51.1 Å². The van der Waals surface area contributed by atoms with Crippen LogP contribution in [0.5, 0.6) is 0 Å². The zero-order valence-electron chi connectivity index (χ0n) is 32.5. The van der Waals surface area contributed by atoms with E-state index in [-0.39, 0.29) is 25.4 Å². The molecular formula is C45H55N7O5. The molecule has 4 aliphatic heterocycles. The normalized spacial score (nSPS) is 26.7. The number of likely N-dealkylation sites (tertiary alicyclic amines) is 2. The average molecular weight is 774 g/mol. The Bertz CT molecular complexity index is 1880. The summed E-state index contributed by atoms with van der Waals surface area (Å²) in [5.74, 6) is -3.82. The van der Waals surface area contributed by atoms with E-state index in [1.807, 2.05) is 97.2 Å². The summed E-state index contributed by atoms with van der Waals surface area (Å²) < 4.78 is 0. The third kappa shape index (κ3) is 10.5. The quantitative estimate of drug-likeness (QED) is 0.259. The molecule has 1 aliphatic carbocycles. The molecule has 5 aliphatic rings. The minimum atomic E-state index is -1.31. The summed E-state index contributed by atoms with van der Waals surface area (Å²) in [6.07, 6.45) is 17.2. The highest BCUT2D eigenvalue weighted by molar-refractivity contribution is 6.04. The number of carbonyl (C=O) groups is 5. The Balaban J connectivity index is 1.16. The predicted octanol–water partition coefficient (Wildman–Crippen LogP) is 2.84. The predicted molar refractivity (Wildman–Crippen MR) is 218 cm³/mol. The molecule has 300 valence electrons. The molecule has 0 bridgehead atoms. The van der Waals surface area contributed by atoms with E-state index in [0.717, 1.165) is 48.2 Å². The van der Waals surface area contributed by atoms with Crippen molar-refractivity contribution in [3.05, 3.63) is 120 Å². The van der Waals surface area contributed by atoms with Gasteiger partial charge in [0.15, 0.2) is 0 Å². The SMILES string of the molecule is O=C1CC(C(=O)N2CCC(N3CCCCC3)CC2)C(=O)NC[C@@H](Cc2ccccc2)NC(=O)[C@H](Cc2ccccc2)NC(=O)C(CC2=CNC3C=CC=CC=C23)N1. The number of piperidine rings is 2. The number of benzene rings is 2. The van der Waals surface area contributed by atoms with E-state index in [1.165, 1.54) is 19.3 Å². The highest BCUT2D eigenvalue weighted by atomic mass is 16.2. The maximum atomic E-state index is 14.4. The van der Waals surface area contributed by atoms with Crippen LogP contribution in [0.2, 0.25) is 0 Å². The Kier molecular flexibility index (Phi) is 13.3. The molecule has 7 rings (SSSR count). The number of carbonyl (C=O) groups excluding carboxylic acids is 5. The van der Waals surface area contributed by atoms with Crippen LogP contribution in [0.15, 0.2) is 108 Å². The fraction of sp³-hybridized carbons (Fsp3) is 0.444. The van der Waals surface area contributed by atoms with Crippen LogP contribution in [-0.4, -0.2) is 102 Å². The molecule has 5 amide bonds. The molecule has 5 atom stereocenters. The van der Waals surface area contributed by atoms with Crippen molar-refractivity contribution in [1.29, 1.82) is 0 Å². The van der Waals surface area contributed by atoms with Crippen LogP contribution < -0.4 is 26.6 Å². The van der Waals surface area contributed by atoms with Gasteiger partial charge in [-0.1, -0.05) is 97.5 Å². The first-order chi connectivity index (χ1) is 27.8. The van der Waals surface area contributed by atoms with Crippen molar-refractivity contribution in [3.63, 3.8) is 0 Å². The lowest BCUT2D eigenvalue weighted by Crippen LogP contribution is -2.58. The highest BCUT2D eigenvalue weighted by Crippen LogP contribution is 2.28. The van der Waals surface area contributed by atoms with E-state index in [1.54, 1.807) is 4.90 Å². The summed E-state index contributed by atoms with van der Waals surface area (Å²) >= 11 is 0. The number of allylic oxidation sites excluding steroid dienone is 4. The van der Waals surface area contributed by atoms with E-state index in [2.05, 4.69) is 31.5 Å². The molecule has 0 radical (unpaired) electrons. The zero-order chi connectivity index (χ0) is 39.6. The van der Waals surface area contributed by atoms with Crippen molar-refractivity contribution in [2.24, 2.45) is 5.92 Å². The number of nitrogens with zero attached hydrogens (tertiary/aromatic N) is 2. The standard InChI is InChI=1S/C45H55N7O5/c53-41-28-37(45(57)52-23-19-35(20-24-52)51-21-11-4-12-22-51)42(54)47-30-34(25-31-13-5-1-6-14-31)48-43(55)39(26-32-15-7-2-8-16-32)50-44(56)40(49-41)27-33-29-46-38-18-10-3-9-17-36(33)38/h1-3,5-10,13-18,29,34-35,37-40,46H,4,11-12,19-28,30H2,(H,47,54)(H,48,55)(H,49,53)(H,50,56)/t34-,37?,38?,39+,40?/m1/s1. The summed E-state index contributed by atoms with van der Waals surface area (Å²) in [7, 11) is 0. The molecule has 0 aromatic heterocycles. The minimum Gasteiger partial charge on any atom is -0.380 e. The third-order valence-corrected chi connectivity index (χ3v) is 11.8. The van der Waals surface area contributed by atoms with Crippen molar-refractivity contribution < 1.29 is 24.0 Å². The maximum absolute atomic E-state index is 14.4. The van der Waals surface area contributed by atoms with Gasteiger partial charge in [-0.2, -0.15) is 0 Å². The van der Waals surface area contributed by atoms with E-state index >= 15 is 0 Å². The lowest BCUT2D eigenvalue weighted by atomic mass is 9.94. The van der Waals surface area contributed by atoms with Crippen LogP contribution in [0.25, 0.3) is 0 Å². The van der Waals surface area contributed by atoms with Gasteiger partial charge in [-0.25, -0.2) is 0 Å². The number of nitrogens with one attached hydrogen (secondary N) is 5. The van der Waals surface area contributed by atoms with Crippen LogP contribution >= 0.6 is 0 Å². The Morgan fingerprint density at radius 3 is 2.07 bits per heavy atom. The fourth-order valence-electron chi connectivity index (χ4n) is 8.68. The van der Waals surface area contributed by atoms with Gasteiger partial charge < -0.3 is 36.4 Å². The molecule has 57 heavy (non-hydrogen) atoms. The van der Waals surface area contributed by atoms with Crippen LogP contribution in [0, 0.1) is 5.92 Å². The van der Waals surface area contributed by atoms with E-state index in [4.69, 9.17) is 0 Å². The molecule has 12 nitrogen and oxygen atoms in total. The van der Waals surface area contributed by atoms with Gasteiger partial charge in [-0.15, -0.1) is 0 Å². The van der Waals surface area contributed by atoms with Gasteiger partial charge in [0.25, 0.3) is 0 Å². The van der Waals surface area contributed by atoms with E-state index in [9.17, 15) is 24.0 Å². The Hall–Kier alpha value is -5.49. The third-order valence-electron chi connectivity index (χ3n) is 11.8. The van der Waals surface area contributed by atoms with Crippen LogP contribution in [-0.2, 0) is 36.8 Å². The highest BCUT2D eigenvalue weighted by Gasteiger charge is 2.38. The lowest BCUT2D eigenvalue weighted by molar-refractivity contribution is -0.146. The average Bonchev–Trinajstić information content (AvgIpc) is 3.45. The van der Waals surface area contributed by atoms with Crippen LogP contribution in [0.1, 0.15) is 56.1 Å². The molecule has 4 heterocycles. The molecule has 3 fully saturated rings. The molecule has 5 N–H and O–H groups in total. The second-order valence-corrected chi connectivity index (χ2v) is 15.8. The van der Waals surface area contributed by atoms with Gasteiger partial charge in [0.2, 0.25) is 29.5 Å². The molecule has 0 spiro atoms. The van der Waals surface area contributed by atoms with Crippen LogP contribution in [0.4, 0.5) is 0 Å². The second-order valence-electron chi connectivity index (χ2n) is 15.8. The molecular weight excluding hydrogens is 719 g/mol. The van der Waals surface area contributed by atoms with Crippen molar-refractivity contribution >= 4 is 29.5 Å². The fourth-order valence-corrected chi connectivity index (χ4v) is 8.68. The molecule has 3 unspecified atom stereocenters. The van der Waals surface area contributed by atoms with Gasteiger partial charge in [-0.05, 0) is 67.5 Å². The molecule has 2 aromatic carbocycles. The number of hydrogen-bond acceptors (Lipinski definition) is 7. The zero-order valence-corrected chi connectivity index (χ0v) is 32.5. The maximum Gasteiger partial charge on any atom is 0.243 e. The van der Waals surface area contributed by atoms with Gasteiger partial charge in [0.1, 0.15) is 18.0 Å². The topological polar surface area (TPSA) is 152 Å². The van der Waals surface area contributed by atoms with Gasteiger partial charge >= 0.3 is 0 Å². The molecule has 2 aromatic rings. The largest absolute Gasteiger partial charge is 0.380 e. The van der Waals surface area contributed by atoms with Crippen molar-refractivity contribution in [1.82, 2.24) is 36.4 Å². The Morgan fingerprint density at radius 2 is 1.35 bits per heavy atom. The van der Waals surface area contributed by atoms with E-state index in [0.29, 0.717) is 25.6 Å². The van der Waals surface area contributed by atoms with Crippen molar-refractivity contribution in [2.45, 2.75) is 88.0 Å². The van der Waals surface area contributed by atoms with Gasteiger partial charge in [-0.3, -0.25) is 24.0 Å². The summed E-state index contributed by atoms with van der Waals surface area (Å²) in [6, 6.07) is 16.7. The van der Waals surface area contributed by atoms with Crippen molar-refractivity contribution in [2.75, 3.05) is 32.7 Å². The number of hydrogen-bond donors (Lipinski definition) is 5. The summed E-state index contributed by atoms with van der Waals surface area (Å²) in [5, 5.41) is 15.3. The van der Waals surface area contributed by atoms with Crippen molar-refractivity contribution in [3.8, 4) is 0 Å². The number of rotatable bonds is 8. The summed E-state index contributed by atoms with van der Waals surface area (Å²) in [5.41, 5.74) is 3.58. The smallest absolute Gasteiger partial charge is 0.243 e.